The monoisotopic (exact) mass is 286 g/mol. The average Bonchev–Trinajstić information content (AvgIpc) is 2.79. The van der Waals surface area contributed by atoms with Crippen LogP contribution in [0.3, 0.4) is 0 Å². The lowest BCUT2D eigenvalue weighted by Gasteiger charge is -2.11. The first-order valence-electron chi connectivity index (χ1n) is 5.79. The maximum atomic E-state index is 12.5. The fourth-order valence-corrected chi connectivity index (χ4v) is 2.87. The van der Waals surface area contributed by atoms with Gasteiger partial charge in [-0.3, -0.25) is 0 Å². The maximum Gasteiger partial charge on any atom is 0.462 e. The van der Waals surface area contributed by atoms with E-state index in [0.29, 0.717) is 12.0 Å². The summed E-state index contributed by atoms with van der Waals surface area (Å²) in [4.78, 5) is 0. The van der Waals surface area contributed by atoms with E-state index in [2.05, 4.69) is 0 Å². The molecule has 2 rings (SSSR count). The number of aromatic nitrogens is 4. The van der Waals surface area contributed by atoms with Crippen molar-refractivity contribution in [1.82, 2.24) is 9.13 Å². The first kappa shape index (κ1) is 13.7. The molecule has 2 heterocycles. The van der Waals surface area contributed by atoms with Gasteiger partial charge in [0.2, 0.25) is 0 Å². The second-order valence-corrected chi connectivity index (χ2v) is 6.47. The van der Waals surface area contributed by atoms with Gasteiger partial charge in [0.1, 0.15) is 24.8 Å². The smallest absolute Gasteiger partial charge is 0.346 e. The topological polar surface area (TPSA) is 53.2 Å². The molecule has 2 aromatic heterocycles. The quantitative estimate of drug-likeness (QED) is 0.600. The van der Waals surface area contributed by atoms with E-state index < -0.39 is 7.60 Å². The van der Waals surface area contributed by atoms with E-state index in [0.717, 1.165) is 0 Å². The highest BCUT2D eigenvalue weighted by Gasteiger charge is 2.31. The molecule has 8 heteroatoms. The molecular weight excluding hydrogens is 267 g/mol. The Hall–Kier alpha value is -1.75. The Kier molecular flexibility index (Phi) is 3.41. The van der Waals surface area contributed by atoms with Crippen molar-refractivity contribution in [3.63, 3.8) is 0 Å². The summed E-state index contributed by atoms with van der Waals surface area (Å²) in [7, 11) is 4.01. The highest BCUT2D eigenvalue weighted by atomic mass is 31.2. The predicted octanol–water partition coefficient (Wildman–Crippen LogP) is 0.293. The lowest BCUT2D eigenvalue weighted by Crippen LogP contribution is -2.30. The molecule has 19 heavy (non-hydrogen) atoms. The van der Waals surface area contributed by atoms with E-state index in [1.54, 1.807) is 18.3 Å². The molecule has 0 aliphatic rings. The molecule has 0 unspecified atom stereocenters. The van der Waals surface area contributed by atoms with Crippen LogP contribution in [0.25, 0.3) is 0 Å². The predicted molar refractivity (Wildman–Crippen MR) is 68.0 cm³/mol. The molecular formula is C11H19N4O3P+2. The molecule has 7 nitrogen and oxygen atoms in total. The molecule has 0 aliphatic heterocycles. The van der Waals surface area contributed by atoms with E-state index in [1.165, 1.54) is 6.66 Å². The maximum absolute atomic E-state index is 12.5. The second kappa shape index (κ2) is 4.74. The van der Waals surface area contributed by atoms with Crippen molar-refractivity contribution in [3.8, 4) is 12.0 Å². The second-order valence-electron chi connectivity index (χ2n) is 4.56. The third kappa shape index (κ3) is 2.81. The normalized spacial score (nSPS) is 11.6. The molecule has 0 fully saturated rings. The van der Waals surface area contributed by atoms with E-state index in [4.69, 9.17) is 9.05 Å². The van der Waals surface area contributed by atoms with Gasteiger partial charge in [-0.2, -0.15) is 18.3 Å². The largest absolute Gasteiger partial charge is 0.462 e. The SMILES string of the molecule is Cn1cc[n+](C)c1OP(C)(=O)Oc1n(C)cc[n+]1C. The number of hydrogen-bond acceptors (Lipinski definition) is 3. The lowest BCUT2D eigenvalue weighted by atomic mass is 10.9. The van der Waals surface area contributed by atoms with Crippen molar-refractivity contribution in [2.45, 2.75) is 0 Å². The van der Waals surface area contributed by atoms with Gasteiger partial charge in [-0.1, -0.05) is 0 Å². The van der Waals surface area contributed by atoms with Crippen molar-refractivity contribution in [1.29, 1.82) is 0 Å². The van der Waals surface area contributed by atoms with Crippen LogP contribution >= 0.6 is 7.60 Å². The van der Waals surface area contributed by atoms with Crippen LogP contribution in [0.1, 0.15) is 0 Å². The third-order valence-electron chi connectivity index (χ3n) is 2.73. The fourth-order valence-electron chi connectivity index (χ4n) is 1.73. The van der Waals surface area contributed by atoms with Crippen LogP contribution in [0.15, 0.2) is 24.8 Å². The minimum atomic E-state index is -3.26. The van der Waals surface area contributed by atoms with Gasteiger partial charge in [-0.15, -0.1) is 0 Å². The van der Waals surface area contributed by atoms with Crippen molar-refractivity contribution < 1.29 is 22.7 Å². The summed E-state index contributed by atoms with van der Waals surface area (Å²) in [6.45, 7) is 1.45. The minimum absolute atomic E-state index is 0.475. The molecule has 0 saturated heterocycles. The highest BCUT2D eigenvalue weighted by Crippen LogP contribution is 2.42. The first-order valence-corrected chi connectivity index (χ1v) is 7.78. The highest BCUT2D eigenvalue weighted by molar-refractivity contribution is 7.53. The van der Waals surface area contributed by atoms with Crippen molar-refractivity contribution >= 4 is 7.60 Å². The summed E-state index contributed by atoms with van der Waals surface area (Å²) in [5.74, 6) is 0. The number of hydrogen-bond donors (Lipinski definition) is 0. The van der Waals surface area contributed by atoms with Crippen LogP contribution < -0.4 is 18.2 Å². The summed E-state index contributed by atoms with van der Waals surface area (Å²) >= 11 is 0. The zero-order chi connectivity index (χ0) is 14.2. The molecule has 0 saturated carbocycles. The molecule has 0 bridgehead atoms. The molecule has 0 atom stereocenters. The number of nitrogens with zero attached hydrogens (tertiary/aromatic N) is 4. The third-order valence-corrected chi connectivity index (χ3v) is 3.72. The van der Waals surface area contributed by atoms with Gasteiger partial charge in [0, 0.05) is 0 Å². The number of rotatable bonds is 4. The molecule has 0 spiro atoms. The molecule has 0 amide bonds. The van der Waals surface area contributed by atoms with Gasteiger partial charge < -0.3 is 9.05 Å². The average molecular weight is 286 g/mol. The lowest BCUT2D eigenvalue weighted by molar-refractivity contribution is -0.676. The molecule has 0 aromatic carbocycles. The Labute approximate surface area is 112 Å². The zero-order valence-corrected chi connectivity index (χ0v) is 12.7. The van der Waals surface area contributed by atoms with Gasteiger partial charge in [0.15, 0.2) is 0 Å². The Balaban J connectivity index is 2.22. The van der Waals surface area contributed by atoms with Crippen LogP contribution in [0, 0.1) is 0 Å². The van der Waals surface area contributed by atoms with Gasteiger partial charge in [-0.05, 0) is 0 Å². The van der Waals surface area contributed by atoms with Crippen LogP contribution in [-0.2, 0) is 32.8 Å². The summed E-state index contributed by atoms with van der Waals surface area (Å²) in [5.41, 5.74) is 0. The Morgan fingerprint density at radius 1 is 1.00 bits per heavy atom. The first-order chi connectivity index (χ1) is 8.80. The van der Waals surface area contributed by atoms with Crippen LogP contribution in [0.2, 0.25) is 0 Å². The van der Waals surface area contributed by atoms with Crippen LogP contribution in [0.4, 0.5) is 0 Å². The van der Waals surface area contributed by atoms with E-state index in [1.807, 2.05) is 53.0 Å². The molecule has 0 radical (unpaired) electrons. The van der Waals surface area contributed by atoms with E-state index in [-0.39, 0.29) is 0 Å². The molecule has 104 valence electrons. The Morgan fingerprint density at radius 3 is 1.63 bits per heavy atom. The summed E-state index contributed by atoms with van der Waals surface area (Å²) in [6, 6.07) is 0.949. The zero-order valence-electron chi connectivity index (χ0n) is 11.8. The van der Waals surface area contributed by atoms with Crippen LogP contribution in [-0.4, -0.2) is 15.8 Å². The summed E-state index contributed by atoms with van der Waals surface area (Å²) in [5, 5.41) is 0. The minimum Gasteiger partial charge on any atom is -0.346 e. The van der Waals surface area contributed by atoms with Gasteiger partial charge in [0.05, 0.1) is 34.9 Å². The Morgan fingerprint density at radius 2 is 1.37 bits per heavy atom. The Bertz CT molecular complexity index is 555. The molecule has 0 aliphatic carbocycles. The van der Waals surface area contributed by atoms with Gasteiger partial charge in [-0.25, -0.2) is 4.57 Å². The molecule has 2 aromatic rings. The number of aryl methyl sites for hydroxylation is 4. The summed E-state index contributed by atoms with van der Waals surface area (Å²) < 4.78 is 30.5. The summed E-state index contributed by atoms with van der Waals surface area (Å²) in [6.07, 6.45) is 7.27. The molecule has 0 N–H and O–H groups in total. The standard InChI is InChI=1S/C11H19N4O3P/c1-12-6-7-13(2)10(12)17-19(5,16)18-11-14(3)8-9-15(11)4/h6-9H,1-5H3/q+2. The van der Waals surface area contributed by atoms with Crippen LogP contribution in [0.5, 0.6) is 12.0 Å². The van der Waals surface area contributed by atoms with Crippen molar-refractivity contribution in [3.05, 3.63) is 24.8 Å². The number of imidazole rings is 2. The van der Waals surface area contributed by atoms with E-state index in [9.17, 15) is 4.57 Å². The van der Waals surface area contributed by atoms with Gasteiger partial charge >= 0.3 is 19.6 Å². The van der Waals surface area contributed by atoms with Crippen molar-refractivity contribution in [2.75, 3.05) is 6.66 Å². The van der Waals surface area contributed by atoms with Crippen molar-refractivity contribution in [2.24, 2.45) is 28.2 Å². The van der Waals surface area contributed by atoms with E-state index >= 15 is 0 Å². The van der Waals surface area contributed by atoms with Gasteiger partial charge in [0.25, 0.3) is 0 Å². The fraction of sp³-hybridized carbons (Fsp3) is 0.455.